The number of aryl methyl sites for hydroxylation is 1. The van der Waals surface area contributed by atoms with Gasteiger partial charge in [-0.15, -0.1) is 0 Å². The average molecular weight is 828 g/mol. The molecule has 11 nitrogen and oxygen atoms in total. The third-order valence-electron chi connectivity index (χ3n) is 14.4. The van der Waals surface area contributed by atoms with E-state index in [1.165, 1.54) is 11.1 Å². The van der Waals surface area contributed by atoms with Crippen molar-refractivity contribution < 1.29 is 32.2 Å². The van der Waals surface area contributed by atoms with Crippen LogP contribution in [0.25, 0.3) is 0 Å². The van der Waals surface area contributed by atoms with Crippen LogP contribution in [-0.2, 0) is 36.1 Å². The van der Waals surface area contributed by atoms with Crippen LogP contribution in [0.3, 0.4) is 0 Å². The number of anilines is 1. The van der Waals surface area contributed by atoms with Crippen LogP contribution < -0.4 is 14.4 Å². The summed E-state index contributed by atoms with van der Waals surface area (Å²) in [6.45, 7) is 13.5. The summed E-state index contributed by atoms with van der Waals surface area (Å²) in [4.78, 5) is 21.6. The molecule has 6 aliphatic rings. The van der Waals surface area contributed by atoms with Crippen LogP contribution >= 0.6 is 11.6 Å². The van der Waals surface area contributed by atoms with Gasteiger partial charge in [0, 0.05) is 88.2 Å². The molecule has 1 spiro atoms. The summed E-state index contributed by atoms with van der Waals surface area (Å²) in [6, 6.07) is 12.1. The number of amides is 1. The summed E-state index contributed by atoms with van der Waals surface area (Å²) in [7, 11) is -2.46. The molecule has 0 radical (unpaired) electrons. The van der Waals surface area contributed by atoms with Gasteiger partial charge in [0.1, 0.15) is 5.75 Å². The van der Waals surface area contributed by atoms with Gasteiger partial charge in [-0.25, -0.2) is 13.1 Å². The van der Waals surface area contributed by atoms with Crippen molar-refractivity contribution >= 4 is 33.2 Å². The summed E-state index contributed by atoms with van der Waals surface area (Å²) >= 11 is 6.54. The molecule has 1 N–H and O–H groups in total. The lowest BCUT2D eigenvalue weighted by Crippen LogP contribution is -2.63. The van der Waals surface area contributed by atoms with E-state index in [1.54, 1.807) is 13.2 Å². The van der Waals surface area contributed by atoms with Crippen LogP contribution in [0.4, 0.5) is 5.69 Å². The third kappa shape index (κ3) is 8.48. The molecule has 8 rings (SSSR count). The van der Waals surface area contributed by atoms with Gasteiger partial charge in [0.25, 0.3) is 5.91 Å². The largest absolute Gasteiger partial charge is 0.490 e. The maximum Gasteiger partial charge on any atom is 0.264 e. The highest BCUT2D eigenvalue weighted by Gasteiger charge is 2.51. The van der Waals surface area contributed by atoms with Gasteiger partial charge < -0.3 is 23.8 Å². The first-order valence-corrected chi connectivity index (χ1v) is 23.5. The van der Waals surface area contributed by atoms with E-state index in [-0.39, 0.29) is 23.5 Å². The maximum atomic E-state index is 14.1. The van der Waals surface area contributed by atoms with Crippen molar-refractivity contribution in [2.75, 3.05) is 90.9 Å². The number of benzene rings is 2. The first-order chi connectivity index (χ1) is 27.5. The van der Waals surface area contributed by atoms with Gasteiger partial charge in [-0.05, 0) is 118 Å². The molecule has 2 aromatic carbocycles. The number of nitrogens with zero attached hydrogens (tertiary/aromatic N) is 3. The zero-order valence-corrected chi connectivity index (χ0v) is 35.8. The number of piperazine rings is 1. The Bertz CT molecular complexity index is 1870. The van der Waals surface area contributed by atoms with E-state index in [2.05, 4.69) is 38.5 Å². The Morgan fingerprint density at radius 1 is 1.04 bits per heavy atom. The van der Waals surface area contributed by atoms with Crippen molar-refractivity contribution in [2.45, 2.75) is 93.9 Å². The fraction of sp³-hybridized carbons (Fsp3) is 0.705. The quantitative estimate of drug-likeness (QED) is 0.362. The fourth-order valence-corrected chi connectivity index (χ4v) is 13.3. The number of rotatable bonds is 7. The molecule has 1 saturated carbocycles. The summed E-state index contributed by atoms with van der Waals surface area (Å²) in [5, 5.41) is -0.0351. The monoisotopic (exact) mass is 826 g/mol. The molecule has 2 aliphatic carbocycles. The molecular formula is C44H63ClN4O7S. The van der Waals surface area contributed by atoms with Gasteiger partial charge in [-0.2, -0.15) is 0 Å². The molecule has 2 bridgehead atoms. The zero-order chi connectivity index (χ0) is 39.8. The number of fused-ring (bicyclic) bond motifs is 5. The molecule has 4 aliphatic heterocycles. The van der Waals surface area contributed by atoms with Gasteiger partial charge in [-0.1, -0.05) is 31.0 Å². The van der Waals surface area contributed by atoms with Crippen LogP contribution in [0.15, 0.2) is 36.4 Å². The van der Waals surface area contributed by atoms with E-state index in [0.29, 0.717) is 49.5 Å². The van der Waals surface area contributed by atoms with Crippen molar-refractivity contribution in [2.24, 2.45) is 17.8 Å². The highest BCUT2D eigenvalue weighted by molar-refractivity contribution is 7.90. The van der Waals surface area contributed by atoms with Crippen LogP contribution in [0.1, 0.15) is 86.7 Å². The second-order valence-corrected chi connectivity index (χ2v) is 20.2. The molecule has 3 fully saturated rings. The van der Waals surface area contributed by atoms with E-state index in [9.17, 15) is 13.2 Å². The molecule has 0 unspecified atom stereocenters. The first kappa shape index (κ1) is 41.3. The lowest BCUT2D eigenvalue weighted by atomic mass is 9.62. The van der Waals surface area contributed by atoms with Crippen molar-refractivity contribution in [3.63, 3.8) is 0 Å². The van der Waals surface area contributed by atoms with Gasteiger partial charge in [-0.3, -0.25) is 14.6 Å². The Morgan fingerprint density at radius 2 is 1.91 bits per heavy atom. The topological polar surface area (TPSA) is 110 Å². The van der Waals surface area contributed by atoms with E-state index in [0.717, 1.165) is 120 Å². The van der Waals surface area contributed by atoms with Crippen LogP contribution in [-0.4, -0.2) is 127 Å². The second-order valence-electron chi connectivity index (χ2n) is 17.9. The number of carbonyl (C=O) groups is 1. The minimum Gasteiger partial charge on any atom is -0.490 e. The van der Waals surface area contributed by atoms with Gasteiger partial charge in [0.15, 0.2) is 0 Å². The second kappa shape index (κ2) is 17.3. The van der Waals surface area contributed by atoms with Crippen molar-refractivity contribution in [1.29, 1.82) is 0 Å². The molecule has 13 heteroatoms. The van der Waals surface area contributed by atoms with Gasteiger partial charge >= 0.3 is 0 Å². The number of methoxy groups -OCH3 is 1. The average Bonchev–Trinajstić information content (AvgIpc) is 3.32. The number of ether oxygens (including phenoxy) is 4. The van der Waals surface area contributed by atoms with Gasteiger partial charge in [0.05, 0.1) is 36.4 Å². The number of halogens is 1. The molecule has 0 aromatic heterocycles. The molecule has 2 saturated heterocycles. The predicted molar refractivity (Wildman–Crippen MR) is 223 cm³/mol. The van der Waals surface area contributed by atoms with Crippen molar-refractivity contribution in [3.8, 4) is 5.75 Å². The van der Waals surface area contributed by atoms with E-state index < -0.39 is 21.2 Å². The SMILES string of the molecule is CCO[C@]1(CN2CCN3CCOC[C@@H]3C2)CCC[C@H](C)[C@@H](CCOC)S(=O)(=O)NC(=O)c2ccc3c(c2)N(C[C@@H]2CC[C@H]21)C[C@@]1(CCCc2cc(Cl)ccc21)CO3. The lowest BCUT2D eigenvalue weighted by Gasteiger charge is -2.54. The summed E-state index contributed by atoms with van der Waals surface area (Å²) in [6.07, 6.45) is 7.86. The zero-order valence-electron chi connectivity index (χ0n) is 34.2. The Kier molecular flexibility index (Phi) is 12.5. The van der Waals surface area contributed by atoms with E-state index >= 15 is 0 Å². The molecular weight excluding hydrogens is 764 g/mol. The number of hydrogen-bond donors (Lipinski definition) is 1. The summed E-state index contributed by atoms with van der Waals surface area (Å²) in [5.41, 5.74) is 3.06. The molecule has 314 valence electrons. The number of morpholine rings is 1. The molecule has 7 atom stereocenters. The number of hydrogen-bond acceptors (Lipinski definition) is 10. The molecule has 57 heavy (non-hydrogen) atoms. The fourth-order valence-electron chi connectivity index (χ4n) is 11.4. The molecule has 4 heterocycles. The number of sulfonamides is 1. The van der Waals surface area contributed by atoms with Crippen molar-refractivity contribution in [3.05, 3.63) is 58.1 Å². The predicted octanol–water partition coefficient (Wildman–Crippen LogP) is 5.92. The lowest BCUT2D eigenvalue weighted by molar-refractivity contribution is -0.154. The minimum atomic E-state index is -4.04. The highest BCUT2D eigenvalue weighted by atomic mass is 35.5. The maximum absolute atomic E-state index is 14.1. The Hall–Kier alpha value is -2.45. The summed E-state index contributed by atoms with van der Waals surface area (Å²) in [5.74, 6) is 0.598. The van der Waals surface area contributed by atoms with Crippen LogP contribution in [0, 0.1) is 17.8 Å². The first-order valence-electron chi connectivity index (χ1n) is 21.6. The normalized spacial score (nSPS) is 33.5. The smallest absolute Gasteiger partial charge is 0.264 e. The van der Waals surface area contributed by atoms with Crippen molar-refractivity contribution in [1.82, 2.24) is 14.5 Å². The minimum absolute atomic E-state index is 0.196. The highest BCUT2D eigenvalue weighted by Crippen LogP contribution is 2.50. The number of carbonyl (C=O) groups excluding carboxylic acids is 1. The Balaban J connectivity index is 1.19. The van der Waals surface area contributed by atoms with Crippen LogP contribution in [0.2, 0.25) is 5.02 Å². The summed E-state index contributed by atoms with van der Waals surface area (Å²) < 4.78 is 56.0. The standard InChI is InChI=1S/C44H63ClN4O7S/c1-4-56-44(29-47-18-19-48-20-22-54-27-36(48)26-47)17-5-7-31(2)41(15-21-53-3)57(51,52)46-42(50)33-10-14-40-39(24-33)49(25-34-9-12-38(34)44)28-43(30-55-40)16-6-8-32-23-35(45)11-13-37(32)43/h10-11,13-14,23-24,31,34,36,38,41H,4-9,12,15-22,25-30H2,1-3H3,(H,46,50)/t31-,34-,36-,38+,41+,43-,44-/m0/s1. The number of nitrogens with one attached hydrogen (secondary N) is 1. The van der Waals surface area contributed by atoms with Gasteiger partial charge in [0.2, 0.25) is 10.0 Å². The third-order valence-corrected chi connectivity index (χ3v) is 16.6. The van der Waals surface area contributed by atoms with Crippen LogP contribution in [0.5, 0.6) is 5.75 Å². The Morgan fingerprint density at radius 3 is 2.72 bits per heavy atom. The molecule has 1 amide bonds. The molecule has 2 aromatic rings. The van der Waals surface area contributed by atoms with E-state index in [4.69, 9.17) is 30.5 Å². The Labute approximate surface area is 345 Å². The van der Waals surface area contributed by atoms with E-state index in [1.807, 2.05) is 25.1 Å².